The molecule has 11 heteroatoms. The summed E-state index contributed by atoms with van der Waals surface area (Å²) >= 11 is 0. The third-order valence-corrected chi connectivity index (χ3v) is 3.15. The molecule has 2 rings (SSSR count). The summed E-state index contributed by atoms with van der Waals surface area (Å²) in [5.41, 5.74) is -0.171. The molecule has 1 amide bonds. The summed E-state index contributed by atoms with van der Waals surface area (Å²) in [6.07, 6.45) is 1.22. The van der Waals surface area contributed by atoms with E-state index in [9.17, 15) is 17.6 Å². The number of carbonyl (C=O) groups excluding carboxylic acids is 1. The van der Waals surface area contributed by atoms with Gasteiger partial charge < -0.3 is 5.32 Å². The number of primary sulfonamides is 1. The fraction of sp³-hybridized carbons (Fsp3) is 0.111. The molecule has 0 radical (unpaired) electrons. The van der Waals surface area contributed by atoms with Gasteiger partial charge in [-0.05, 0) is 28.6 Å². The molecule has 2 aromatic rings. The Bertz CT molecular complexity index is 730. The minimum absolute atomic E-state index is 0.171. The van der Waals surface area contributed by atoms with E-state index in [0.29, 0.717) is 0 Å². The quantitative estimate of drug-likeness (QED) is 0.751. The Labute approximate surface area is 112 Å². The number of halogens is 1. The highest BCUT2D eigenvalue weighted by Crippen LogP contribution is 2.18. The van der Waals surface area contributed by atoms with E-state index in [-0.39, 0.29) is 17.1 Å². The van der Waals surface area contributed by atoms with Gasteiger partial charge in [0.1, 0.15) is 18.7 Å². The van der Waals surface area contributed by atoms with Gasteiger partial charge in [-0.2, -0.15) is 0 Å². The average Bonchev–Trinajstić information content (AvgIpc) is 2.83. The average molecular weight is 300 g/mol. The molecule has 1 heterocycles. The fourth-order valence-electron chi connectivity index (χ4n) is 1.36. The zero-order valence-corrected chi connectivity index (χ0v) is 10.7. The molecule has 0 unspecified atom stereocenters. The van der Waals surface area contributed by atoms with E-state index in [1.54, 1.807) is 0 Å². The SMILES string of the molecule is NS(=O)(=O)c1ccc(NC(=O)Cn2cnnn2)c(F)c1. The molecule has 3 N–H and O–H groups in total. The molecule has 0 aliphatic heterocycles. The van der Waals surface area contributed by atoms with Gasteiger partial charge in [-0.1, -0.05) is 0 Å². The van der Waals surface area contributed by atoms with Crippen LogP contribution in [0.15, 0.2) is 29.4 Å². The molecule has 9 nitrogen and oxygen atoms in total. The third kappa shape index (κ3) is 3.33. The highest BCUT2D eigenvalue weighted by Gasteiger charge is 2.13. The Hall–Kier alpha value is -2.40. The fourth-order valence-corrected chi connectivity index (χ4v) is 1.89. The first-order chi connectivity index (χ1) is 9.36. The maximum absolute atomic E-state index is 13.6. The molecule has 0 atom stereocenters. The van der Waals surface area contributed by atoms with Crippen LogP contribution in [-0.2, 0) is 21.4 Å². The predicted molar refractivity (Wildman–Crippen MR) is 64.2 cm³/mol. The number of sulfonamides is 1. The van der Waals surface area contributed by atoms with Crippen LogP contribution >= 0.6 is 0 Å². The molecule has 106 valence electrons. The number of nitrogens with two attached hydrogens (primary N) is 1. The first-order valence-electron chi connectivity index (χ1n) is 5.19. The van der Waals surface area contributed by atoms with Gasteiger partial charge in [0.2, 0.25) is 15.9 Å². The predicted octanol–water partition coefficient (Wildman–Crippen LogP) is -0.902. The van der Waals surface area contributed by atoms with Crippen LogP contribution in [0.25, 0.3) is 0 Å². The summed E-state index contributed by atoms with van der Waals surface area (Å²) < 4.78 is 36.8. The lowest BCUT2D eigenvalue weighted by molar-refractivity contribution is -0.117. The van der Waals surface area contributed by atoms with E-state index >= 15 is 0 Å². The molecule has 0 aliphatic carbocycles. The second kappa shape index (κ2) is 5.30. The van der Waals surface area contributed by atoms with E-state index < -0.39 is 21.7 Å². The van der Waals surface area contributed by atoms with Crippen LogP contribution in [0.3, 0.4) is 0 Å². The lowest BCUT2D eigenvalue weighted by Crippen LogP contribution is -2.20. The minimum atomic E-state index is -3.99. The van der Waals surface area contributed by atoms with Gasteiger partial charge in [0.15, 0.2) is 0 Å². The number of carbonyl (C=O) groups is 1. The van der Waals surface area contributed by atoms with Crippen LogP contribution in [-0.4, -0.2) is 34.5 Å². The van der Waals surface area contributed by atoms with E-state index in [0.717, 1.165) is 22.9 Å². The summed E-state index contributed by atoms with van der Waals surface area (Å²) in [4.78, 5) is 11.2. The number of rotatable bonds is 4. The number of hydrogen-bond acceptors (Lipinski definition) is 6. The molecular weight excluding hydrogens is 291 g/mol. The standard InChI is InChI=1S/C9H9FN6O3S/c10-7-3-6(20(11,18)19)1-2-8(7)13-9(17)4-16-5-12-14-15-16/h1-3,5H,4H2,(H,13,17)(H2,11,18,19). The van der Waals surface area contributed by atoms with Crippen LogP contribution in [0, 0.1) is 5.82 Å². The van der Waals surface area contributed by atoms with Crippen molar-refractivity contribution in [2.75, 3.05) is 5.32 Å². The van der Waals surface area contributed by atoms with E-state index in [1.165, 1.54) is 6.33 Å². The highest BCUT2D eigenvalue weighted by molar-refractivity contribution is 7.89. The Morgan fingerprint density at radius 1 is 1.45 bits per heavy atom. The van der Waals surface area contributed by atoms with Crippen molar-refractivity contribution >= 4 is 21.6 Å². The van der Waals surface area contributed by atoms with Crippen molar-refractivity contribution in [3.05, 3.63) is 30.3 Å². The van der Waals surface area contributed by atoms with Gasteiger partial charge in [0, 0.05) is 0 Å². The van der Waals surface area contributed by atoms with Crippen molar-refractivity contribution in [2.24, 2.45) is 5.14 Å². The van der Waals surface area contributed by atoms with Gasteiger partial charge in [-0.15, -0.1) is 5.10 Å². The summed E-state index contributed by atoms with van der Waals surface area (Å²) in [6.45, 7) is -0.205. The van der Waals surface area contributed by atoms with E-state index in [2.05, 4.69) is 20.8 Å². The van der Waals surface area contributed by atoms with Crippen molar-refractivity contribution in [2.45, 2.75) is 11.4 Å². The van der Waals surface area contributed by atoms with Gasteiger partial charge in [0.05, 0.1) is 10.6 Å². The van der Waals surface area contributed by atoms with Gasteiger partial charge >= 0.3 is 0 Å². The maximum Gasteiger partial charge on any atom is 0.246 e. The second-order valence-corrected chi connectivity index (χ2v) is 5.30. The Morgan fingerprint density at radius 2 is 2.20 bits per heavy atom. The highest BCUT2D eigenvalue weighted by atomic mass is 32.2. The molecule has 0 saturated carbocycles. The number of aromatic nitrogens is 4. The molecule has 0 aliphatic rings. The number of nitrogens with zero attached hydrogens (tertiary/aromatic N) is 4. The minimum Gasteiger partial charge on any atom is -0.322 e. The van der Waals surface area contributed by atoms with Crippen molar-refractivity contribution in [1.29, 1.82) is 0 Å². The maximum atomic E-state index is 13.6. The van der Waals surface area contributed by atoms with Crippen LogP contribution in [0.2, 0.25) is 0 Å². The van der Waals surface area contributed by atoms with Gasteiger partial charge in [-0.25, -0.2) is 22.6 Å². The number of tetrazole rings is 1. The van der Waals surface area contributed by atoms with Gasteiger partial charge in [-0.3, -0.25) is 4.79 Å². The molecule has 0 bridgehead atoms. The molecule has 0 fully saturated rings. The third-order valence-electron chi connectivity index (χ3n) is 2.24. The lowest BCUT2D eigenvalue weighted by Gasteiger charge is -2.07. The largest absolute Gasteiger partial charge is 0.322 e. The first-order valence-corrected chi connectivity index (χ1v) is 6.74. The number of amides is 1. The Morgan fingerprint density at radius 3 is 2.75 bits per heavy atom. The molecule has 1 aromatic carbocycles. The van der Waals surface area contributed by atoms with Crippen molar-refractivity contribution in [1.82, 2.24) is 20.2 Å². The lowest BCUT2D eigenvalue weighted by atomic mass is 10.3. The van der Waals surface area contributed by atoms with Crippen LogP contribution in [0.1, 0.15) is 0 Å². The van der Waals surface area contributed by atoms with Crippen LogP contribution in [0.4, 0.5) is 10.1 Å². The smallest absolute Gasteiger partial charge is 0.246 e. The number of hydrogen-bond donors (Lipinski definition) is 2. The molecule has 1 aromatic heterocycles. The monoisotopic (exact) mass is 300 g/mol. The van der Waals surface area contributed by atoms with Crippen LogP contribution < -0.4 is 10.5 Å². The number of benzene rings is 1. The first kappa shape index (κ1) is 14.0. The molecule has 0 spiro atoms. The molecule has 0 saturated heterocycles. The normalized spacial score (nSPS) is 11.3. The topological polar surface area (TPSA) is 133 Å². The zero-order valence-electron chi connectivity index (χ0n) is 9.89. The summed E-state index contributed by atoms with van der Waals surface area (Å²) in [7, 11) is -3.99. The van der Waals surface area contributed by atoms with Crippen molar-refractivity contribution < 1.29 is 17.6 Å². The summed E-state index contributed by atoms with van der Waals surface area (Å²) in [5, 5.41) is 17.3. The van der Waals surface area contributed by atoms with Crippen molar-refractivity contribution in [3.63, 3.8) is 0 Å². The van der Waals surface area contributed by atoms with E-state index in [4.69, 9.17) is 5.14 Å². The van der Waals surface area contributed by atoms with Crippen molar-refractivity contribution in [3.8, 4) is 0 Å². The Kier molecular flexibility index (Phi) is 3.72. The molecular formula is C9H9FN6O3S. The second-order valence-electron chi connectivity index (χ2n) is 3.74. The number of nitrogens with one attached hydrogen (secondary N) is 1. The number of anilines is 1. The summed E-state index contributed by atoms with van der Waals surface area (Å²) in [6, 6.07) is 2.92. The van der Waals surface area contributed by atoms with E-state index in [1.807, 2.05) is 0 Å². The molecule has 20 heavy (non-hydrogen) atoms. The summed E-state index contributed by atoms with van der Waals surface area (Å²) in [5.74, 6) is -1.49. The Balaban J connectivity index is 2.12. The van der Waals surface area contributed by atoms with Crippen LogP contribution in [0.5, 0.6) is 0 Å². The van der Waals surface area contributed by atoms with Gasteiger partial charge in [0.25, 0.3) is 0 Å². The zero-order chi connectivity index (χ0) is 14.8.